The van der Waals surface area contributed by atoms with Gasteiger partial charge in [0.2, 0.25) is 0 Å². The Kier molecular flexibility index (Phi) is 11.5. The SMILES string of the molecule is C=C/C(=C\NCC(O)CN(C)CCO)C1=CCCC2N=CN=C(Nc3ccc(OCc4cccc(F)c4)c(Cl)c3)C2=C1. The third-order valence-electron chi connectivity index (χ3n) is 6.83. The van der Waals surface area contributed by atoms with Crippen LogP contribution in [0.2, 0.25) is 5.02 Å². The number of nitrogens with one attached hydrogen (secondary N) is 2. The molecular formula is C32H37ClFN5O3. The summed E-state index contributed by atoms with van der Waals surface area (Å²) in [4.78, 5) is 11.0. The van der Waals surface area contributed by atoms with Gasteiger partial charge in [-0.15, -0.1) is 0 Å². The van der Waals surface area contributed by atoms with Crippen molar-refractivity contribution >= 4 is 29.5 Å². The van der Waals surface area contributed by atoms with Crippen LogP contribution in [0, 0.1) is 5.82 Å². The van der Waals surface area contributed by atoms with Crippen molar-refractivity contribution in [1.29, 1.82) is 0 Å². The lowest BCUT2D eigenvalue weighted by molar-refractivity contribution is 0.116. The highest BCUT2D eigenvalue weighted by atomic mass is 35.5. The fourth-order valence-corrected chi connectivity index (χ4v) is 4.91. The minimum atomic E-state index is -0.588. The Morgan fingerprint density at radius 3 is 2.93 bits per heavy atom. The molecule has 2 atom stereocenters. The molecule has 4 N–H and O–H groups in total. The number of rotatable bonds is 13. The molecule has 10 heteroatoms. The summed E-state index contributed by atoms with van der Waals surface area (Å²) in [5.74, 6) is 0.853. The Balaban J connectivity index is 1.43. The van der Waals surface area contributed by atoms with Crippen molar-refractivity contribution < 1.29 is 19.3 Å². The van der Waals surface area contributed by atoms with Crippen molar-refractivity contribution in [2.45, 2.75) is 31.6 Å². The van der Waals surface area contributed by atoms with Crippen molar-refractivity contribution in [3.63, 3.8) is 0 Å². The van der Waals surface area contributed by atoms with Gasteiger partial charge in [0.25, 0.3) is 0 Å². The number of aliphatic imine (C=N–C) groups is 2. The molecule has 1 aliphatic heterocycles. The third kappa shape index (κ3) is 8.87. The van der Waals surface area contributed by atoms with Crippen molar-refractivity contribution in [1.82, 2.24) is 10.2 Å². The first-order chi connectivity index (χ1) is 20.4. The third-order valence-corrected chi connectivity index (χ3v) is 7.12. The van der Waals surface area contributed by atoms with E-state index in [1.54, 1.807) is 36.7 Å². The first-order valence-electron chi connectivity index (χ1n) is 13.9. The van der Waals surface area contributed by atoms with Crippen LogP contribution in [0.3, 0.4) is 0 Å². The van der Waals surface area contributed by atoms with Gasteiger partial charge in [-0.2, -0.15) is 0 Å². The second-order valence-corrected chi connectivity index (χ2v) is 10.5. The topological polar surface area (TPSA) is 102 Å². The number of hydrogen-bond acceptors (Lipinski definition) is 8. The summed E-state index contributed by atoms with van der Waals surface area (Å²) >= 11 is 6.52. The fourth-order valence-electron chi connectivity index (χ4n) is 4.68. The van der Waals surface area contributed by atoms with Crippen molar-refractivity contribution in [2.75, 3.05) is 38.6 Å². The summed E-state index contributed by atoms with van der Waals surface area (Å²) in [5, 5.41) is 26.4. The van der Waals surface area contributed by atoms with E-state index in [0.717, 1.165) is 35.2 Å². The van der Waals surface area contributed by atoms with E-state index in [9.17, 15) is 9.50 Å². The molecule has 0 aromatic heterocycles. The highest BCUT2D eigenvalue weighted by Crippen LogP contribution is 2.31. The van der Waals surface area contributed by atoms with Crippen LogP contribution in [0.4, 0.5) is 10.1 Å². The van der Waals surface area contributed by atoms with Crippen molar-refractivity contribution in [3.05, 3.63) is 107 Å². The van der Waals surface area contributed by atoms with Crippen molar-refractivity contribution in [3.8, 4) is 5.75 Å². The van der Waals surface area contributed by atoms with E-state index in [1.807, 2.05) is 24.2 Å². The first kappa shape index (κ1) is 31.2. The molecule has 0 amide bonds. The minimum Gasteiger partial charge on any atom is -0.487 e. The molecule has 222 valence electrons. The first-order valence-corrected chi connectivity index (χ1v) is 14.2. The zero-order valence-corrected chi connectivity index (χ0v) is 24.4. The van der Waals surface area contributed by atoms with Crippen molar-refractivity contribution in [2.24, 2.45) is 9.98 Å². The highest BCUT2D eigenvalue weighted by molar-refractivity contribution is 6.32. The van der Waals surface area contributed by atoms with Gasteiger partial charge >= 0.3 is 0 Å². The predicted molar refractivity (Wildman–Crippen MR) is 168 cm³/mol. The van der Waals surface area contributed by atoms with Crippen LogP contribution in [0.5, 0.6) is 5.75 Å². The van der Waals surface area contributed by atoms with E-state index < -0.39 is 6.10 Å². The second kappa shape index (κ2) is 15.5. The molecule has 1 heterocycles. The molecule has 0 spiro atoms. The lowest BCUT2D eigenvalue weighted by Gasteiger charge is -2.21. The largest absolute Gasteiger partial charge is 0.487 e. The van der Waals surface area contributed by atoms with E-state index in [1.165, 1.54) is 12.1 Å². The Labute approximate surface area is 251 Å². The van der Waals surface area contributed by atoms with Gasteiger partial charge in [-0.05, 0) is 73.0 Å². The molecule has 8 nitrogen and oxygen atoms in total. The van der Waals surface area contributed by atoms with Crippen LogP contribution >= 0.6 is 11.6 Å². The number of halogens is 2. The van der Waals surface area contributed by atoms with Crippen LogP contribution in [0.15, 0.2) is 100 Å². The standard InChI is InChI=1S/C32H37ClFN5O3/c1-3-23(17-35-18-27(41)19-39(2)12-13-40)24-7-5-9-30-28(15-24)32(37-21-36-30)38-26-10-11-31(29(33)16-26)42-20-22-6-4-8-25(34)14-22/h3-4,6-8,10-11,14-17,21,27,30,35,40-41H,1,5,9,12-13,18-20H2,2H3,(H,36,37,38)/b23-17+. The summed E-state index contributed by atoms with van der Waals surface area (Å²) in [7, 11) is 1.86. The lowest BCUT2D eigenvalue weighted by Crippen LogP contribution is -2.36. The van der Waals surface area contributed by atoms with Gasteiger partial charge in [0.1, 0.15) is 30.3 Å². The van der Waals surface area contributed by atoms with E-state index in [0.29, 0.717) is 41.8 Å². The van der Waals surface area contributed by atoms with Gasteiger partial charge in [-0.1, -0.05) is 42.5 Å². The van der Waals surface area contributed by atoms with Crippen LogP contribution in [-0.2, 0) is 6.61 Å². The molecule has 4 rings (SSSR count). The van der Waals surface area contributed by atoms with Crippen LogP contribution in [-0.4, -0.2) is 72.7 Å². The number of aliphatic hydroxyl groups excluding tert-OH is 2. The zero-order chi connectivity index (χ0) is 29.9. The maximum absolute atomic E-state index is 13.5. The number of benzene rings is 2. The number of nitrogens with zero attached hydrogens (tertiary/aromatic N) is 3. The van der Waals surface area contributed by atoms with E-state index in [4.69, 9.17) is 21.4 Å². The van der Waals surface area contributed by atoms with Crippen LogP contribution < -0.4 is 15.4 Å². The lowest BCUT2D eigenvalue weighted by atomic mass is 9.99. The maximum Gasteiger partial charge on any atom is 0.138 e. The number of amidine groups is 1. The molecule has 0 bridgehead atoms. The Morgan fingerprint density at radius 2 is 2.17 bits per heavy atom. The molecule has 2 unspecified atom stereocenters. The Bertz CT molecular complexity index is 1400. The van der Waals surface area contributed by atoms with E-state index >= 15 is 0 Å². The molecule has 2 aromatic rings. The Hall–Kier alpha value is -3.76. The normalized spacial score (nSPS) is 17.4. The summed E-state index contributed by atoms with van der Waals surface area (Å²) in [6, 6.07) is 11.6. The molecule has 2 aromatic carbocycles. The monoisotopic (exact) mass is 593 g/mol. The van der Waals surface area contributed by atoms with Crippen LogP contribution in [0.25, 0.3) is 0 Å². The average molecular weight is 594 g/mol. The number of likely N-dealkylation sites (N-methyl/N-ethyl adjacent to an activating group) is 1. The quantitative estimate of drug-likeness (QED) is 0.247. The number of anilines is 1. The number of hydrogen-bond donors (Lipinski definition) is 4. The van der Waals surface area contributed by atoms with Gasteiger partial charge < -0.3 is 30.5 Å². The summed E-state index contributed by atoms with van der Waals surface area (Å²) in [6.07, 6.45) is 10.5. The smallest absolute Gasteiger partial charge is 0.138 e. The average Bonchev–Trinajstić information content (AvgIpc) is 3.18. The fraction of sp³-hybridized carbons (Fsp3) is 0.312. The van der Waals surface area contributed by atoms with Crippen LogP contribution in [0.1, 0.15) is 18.4 Å². The zero-order valence-electron chi connectivity index (χ0n) is 23.6. The predicted octanol–water partition coefficient (Wildman–Crippen LogP) is 4.87. The number of allylic oxidation sites excluding steroid dienone is 5. The van der Waals surface area contributed by atoms with E-state index in [2.05, 4.69) is 39.3 Å². The van der Waals surface area contributed by atoms with Gasteiger partial charge in [-0.3, -0.25) is 4.99 Å². The summed E-state index contributed by atoms with van der Waals surface area (Å²) in [5.41, 5.74) is 4.26. The van der Waals surface area contributed by atoms with Gasteiger partial charge in [0.05, 0.1) is 23.8 Å². The van der Waals surface area contributed by atoms with Gasteiger partial charge in [0.15, 0.2) is 0 Å². The molecular weight excluding hydrogens is 557 g/mol. The molecule has 2 aliphatic rings. The molecule has 0 saturated carbocycles. The molecule has 0 fully saturated rings. The van der Waals surface area contributed by atoms with Gasteiger partial charge in [-0.25, -0.2) is 9.38 Å². The maximum atomic E-state index is 13.5. The number of aliphatic hydroxyl groups is 2. The molecule has 0 radical (unpaired) electrons. The molecule has 42 heavy (non-hydrogen) atoms. The number of ether oxygens (including phenoxy) is 1. The summed E-state index contributed by atoms with van der Waals surface area (Å²) in [6.45, 7) is 5.56. The minimum absolute atomic E-state index is 0.0500. The Morgan fingerprint density at radius 1 is 1.31 bits per heavy atom. The van der Waals surface area contributed by atoms with E-state index in [-0.39, 0.29) is 25.1 Å². The molecule has 1 aliphatic carbocycles. The molecule has 0 saturated heterocycles. The second-order valence-electron chi connectivity index (χ2n) is 10.1. The number of fused-ring (bicyclic) bond motifs is 1. The summed E-state index contributed by atoms with van der Waals surface area (Å²) < 4.78 is 19.3. The van der Waals surface area contributed by atoms with Gasteiger partial charge in [0, 0.05) is 37.1 Å². The highest BCUT2D eigenvalue weighted by Gasteiger charge is 2.24.